The SMILES string of the molecule is Nc1cccc(S(=O)(=O)NCCn2ccnn2)c1. The van der Waals surface area contributed by atoms with Gasteiger partial charge in [0.15, 0.2) is 0 Å². The first-order chi connectivity index (χ1) is 8.58. The number of anilines is 1. The second kappa shape index (κ2) is 5.15. The number of nitrogens with one attached hydrogen (secondary N) is 1. The Morgan fingerprint density at radius 3 is 2.89 bits per heavy atom. The van der Waals surface area contributed by atoms with E-state index in [0.29, 0.717) is 12.2 Å². The van der Waals surface area contributed by atoms with E-state index >= 15 is 0 Å². The van der Waals surface area contributed by atoms with Crippen molar-refractivity contribution in [3.63, 3.8) is 0 Å². The van der Waals surface area contributed by atoms with Gasteiger partial charge in [-0.25, -0.2) is 13.1 Å². The van der Waals surface area contributed by atoms with E-state index in [-0.39, 0.29) is 11.4 Å². The fourth-order valence-corrected chi connectivity index (χ4v) is 2.49. The van der Waals surface area contributed by atoms with Crippen molar-refractivity contribution in [3.05, 3.63) is 36.7 Å². The number of aromatic nitrogens is 3. The normalized spacial score (nSPS) is 11.6. The lowest BCUT2D eigenvalue weighted by Gasteiger charge is -2.07. The third-order valence-corrected chi connectivity index (χ3v) is 3.73. The lowest BCUT2D eigenvalue weighted by Crippen LogP contribution is -2.27. The van der Waals surface area contributed by atoms with Gasteiger partial charge in [0, 0.05) is 18.4 Å². The highest BCUT2D eigenvalue weighted by Crippen LogP contribution is 2.12. The summed E-state index contributed by atoms with van der Waals surface area (Å²) in [6.07, 6.45) is 3.20. The van der Waals surface area contributed by atoms with Crippen molar-refractivity contribution in [2.45, 2.75) is 11.4 Å². The lowest BCUT2D eigenvalue weighted by molar-refractivity contribution is 0.553. The van der Waals surface area contributed by atoms with Gasteiger partial charge in [0.05, 0.1) is 17.6 Å². The number of rotatable bonds is 5. The monoisotopic (exact) mass is 267 g/mol. The molecule has 0 aliphatic carbocycles. The van der Waals surface area contributed by atoms with Gasteiger partial charge in [0.25, 0.3) is 0 Å². The molecular formula is C10H13N5O2S. The molecular weight excluding hydrogens is 254 g/mol. The topological polar surface area (TPSA) is 103 Å². The Kier molecular flexibility index (Phi) is 3.58. The largest absolute Gasteiger partial charge is 0.399 e. The molecule has 0 saturated carbocycles. The first-order valence-corrected chi connectivity index (χ1v) is 6.75. The van der Waals surface area contributed by atoms with E-state index < -0.39 is 10.0 Å². The molecule has 96 valence electrons. The third kappa shape index (κ3) is 3.05. The van der Waals surface area contributed by atoms with Crippen LogP contribution in [-0.4, -0.2) is 30.0 Å². The Hall–Kier alpha value is -1.93. The quantitative estimate of drug-likeness (QED) is 0.733. The molecule has 8 heteroatoms. The fraction of sp³-hybridized carbons (Fsp3) is 0.200. The minimum absolute atomic E-state index is 0.154. The van der Waals surface area contributed by atoms with E-state index in [4.69, 9.17) is 5.73 Å². The van der Waals surface area contributed by atoms with Crippen molar-refractivity contribution in [2.75, 3.05) is 12.3 Å². The van der Waals surface area contributed by atoms with Crippen molar-refractivity contribution < 1.29 is 8.42 Å². The molecule has 0 radical (unpaired) electrons. The van der Waals surface area contributed by atoms with Crippen LogP contribution in [0.2, 0.25) is 0 Å². The highest BCUT2D eigenvalue weighted by molar-refractivity contribution is 7.89. The van der Waals surface area contributed by atoms with E-state index in [0.717, 1.165) is 0 Å². The molecule has 0 atom stereocenters. The summed E-state index contributed by atoms with van der Waals surface area (Å²) in [5.74, 6) is 0. The molecule has 0 amide bonds. The Labute approximate surface area is 105 Å². The van der Waals surface area contributed by atoms with Crippen LogP contribution in [0.15, 0.2) is 41.6 Å². The molecule has 1 aromatic heterocycles. The van der Waals surface area contributed by atoms with Gasteiger partial charge in [-0.15, -0.1) is 5.10 Å². The number of nitrogen functional groups attached to an aromatic ring is 1. The zero-order valence-electron chi connectivity index (χ0n) is 9.52. The molecule has 1 aromatic carbocycles. The van der Waals surface area contributed by atoms with Crippen LogP contribution < -0.4 is 10.5 Å². The highest BCUT2D eigenvalue weighted by Gasteiger charge is 2.13. The molecule has 0 unspecified atom stereocenters. The summed E-state index contributed by atoms with van der Waals surface area (Å²) >= 11 is 0. The summed E-state index contributed by atoms with van der Waals surface area (Å²) in [5, 5.41) is 7.36. The summed E-state index contributed by atoms with van der Waals surface area (Å²) in [4.78, 5) is 0.154. The third-order valence-electron chi connectivity index (χ3n) is 2.27. The standard InChI is InChI=1S/C10H13N5O2S/c11-9-2-1-3-10(8-9)18(16,17)13-5-7-15-6-4-12-14-15/h1-4,6,8,13H,5,7,11H2. The van der Waals surface area contributed by atoms with Gasteiger partial charge in [-0.3, -0.25) is 4.68 Å². The number of sulfonamides is 1. The Balaban J connectivity index is 1.99. The zero-order valence-corrected chi connectivity index (χ0v) is 10.3. The summed E-state index contributed by atoms with van der Waals surface area (Å²) in [6, 6.07) is 6.14. The average Bonchev–Trinajstić information content (AvgIpc) is 2.82. The molecule has 7 nitrogen and oxygen atoms in total. The van der Waals surface area contributed by atoms with Crippen LogP contribution in [0.25, 0.3) is 0 Å². The van der Waals surface area contributed by atoms with E-state index in [9.17, 15) is 8.42 Å². The maximum absolute atomic E-state index is 11.9. The van der Waals surface area contributed by atoms with E-state index in [1.54, 1.807) is 23.0 Å². The number of hydrogen-bond donors (Lipinski definition) is 2. The van der Waals surface area contributed by atoms with Gasteiger partial charge in [-0.2, -0.15) is 0 Å². The first-order valence-electron chi connectivity index (χ1n) is 5.27. The number of nitrogens with two attached hydrogens (primary N) is 1. The number of hydrogen-bond acceptors (Lipinski definition) is 5. The summed E-state index contributed by atoms with van der Waals surface area (Å²) in [6.45, 7) is 0.655. The van der Waals surface area contributed by atoms with Crippen molar-refractivity contribution in [1.82, 2.24) is 19.7 Å². The molecule has 18 heavy (non-hydrogen) atoms. The Bertz CT molecular complexity index is 609. The lowest BCUT2D eigenvalue weighted by atomic mass is 10.3. The van der Waals surface area contributed by atoms with Crippen LogP contribution >= 0.6 is 0 Å². The van der Waals surface area contributed by atoms with Crippen LogP contribution in [0.5, 0.6) is 0 Å². The van der Waals surface area contributed by atoms with Crippen molar-refractivity contribution in [1.29, 1.82) is 0 Å². The molecule has 0 fully saturated rings. The molecule has 0 aliphatic heterocycles. The number of benzene rings is 1. The van der Waals surface area contributed by atoms with E-state index in [1.807, 2.05) is 0 Å². The maximum Gasteiger partial charge on any atom is 0.240 e. The molecule has 0 saturated heterocycles. The molecule has 3 N–H and O–H groups in total. The maximum atomic E-state index is 11.9. The summed E-state index contributed by atoms with van der Waals surface area (Å²) in [5.41, 5.74) is 5.96. The molecule has 2 rings (SSSR count). The van der Waals surface area contributed by atoms with Crippen LogP contribution in [0.1, 0.15) is 0 Å². The van der Waals surface area contributed by atoms with Crippen LogP contribution in [0, 0.1) is 0 Å². The molecule has 0 aliphatic rings. The van der Waals surface area contributed by atoms with Gasteiger partial charge in [-0.05, 0) is 18.2 Å². The van der Waals surface area contributed by atoms with Crippen LogP contribution in [-0.2, 0) is 16.6 Å². The van der Waals surface area contributed by atoms with Gasteiger partial charge in [0.2, 0.25) is 10.0 Å². The molecule has 1 heterocycles. The summed E-state index contributed by atoms with van der Waals surface area (Å²) in [7, 11) is -3.53. The zero-order chi connectivity index (χ0) is 13.0. The van der Waals surface area contributed by atoms with Crippen molar-refractivity contribution >= 4 is 15.7 Å². The predicted octanol–water partition coefficient (Wildman–Crippen LogP) is -0.161. The highest BCUT2D eigenvalue weighted by atomic mass is 32.2. The molecule has 0 bridgehead atoms. The van der Waals surface area contributed by atoms with Gasteiger partial charge in [0.1, 0.15) is 0 Å². The van der Waals surface area contributed by atoms with Gasteiger partial charge < -0.3 is 5.73 Å². The van der Waals surface area contributed by atoms with Crippen molar-refractivity contribution in [2.24, 2.45) is 0 Å². The van der Waals surface area contributed by atoms with E-state index in [1.165, 1.54) is 18.3 Å². The molecule has 0 spiro atoms. The average molecular weight is 267 g/mol. The second-order valence-electron chi connectivity index (χ2n) is 3.64. The minimum atomic E-state index is -3.53. The van der Waals surface area contributed by atoms with Gasteiger partial charge in [-0.1, -0.05) is 11.3 Å². The minimum Gasteiger partial charge on any atom is -0.399 e. The first kappa shape index (κ1) is 12.5. The Morgan fingerprint density at radius 2 is 2.22 bits per heavy atom. The van der Waals surface area contributed by atoms with Crippen LogP contribution in [0.4, 0.5) is 5.69 Å². The van der Waals surface area contributed by atoms with Gasteiger partial charge >= 0.3 is 0 Å². The molecule has 2 aromatic rings. The second-order valence-corrected chi connectivity index (χ2v) is 5.40. The Morgan fingerprint density at radius 1 is 1.39 bits per heavy atom. The predicted molar refractivity (Wildman–Crippen MR) is 66.1 cm³/mol. The van der Waals surface area contributed by atoms with Crippen molar-refractivity contribution in [3.8, 4) is 0 Å². The fourth-order valence-electron chi connectivity index (χ4n) is 1.41. The van der Waals surface area contributed by atoms with E-state index in [2.05, 4.69) is 15.0 Å². The smallest absolute Gasteiger partial charge is 0.240 e. The summed E-state index contributed by atoms with van der Waals surface area (Å²) < 4.78 is 27.8. The van der Waals surface area contributed by atoms with Crippen LogP contribution in [0.3, 0.4) is 0 Å². The number of nitrogens with zero attached hydrogens (tertiary/aromatic N) is 3.